The Labute approximate surface area is 230 Å². The number of nitrogens with zero attached hydrogens (tertiary/aromatic N) is 3. The van der Waals surface area contributed by atoms with Crippen LogP contribution in [-0.2, 0) is 4.79 Å². The second-order valence-corrected chi connectivity index (χ2v) is 11.8. The fraction of sp³-hybridized carbons (Fsp3) is 0.207. The standard InChI is InChI=1S/C29H24BrF2N3O2S/c1-16-12-18(17(2)34(16)21-9-6-19(30)7-10-21)13-25-27(37)35(24-11-8-20(31)14-23(24)32)28(38-25)22(15-33)26(36)29(3,4)5/h6-14H,1-5H3. The van der Waals surface area contributed by atoms with Crippen LogP contribution in [0.4, 0.5) is 8.78 Å². The van der Waals surface area contributed by atoms with Crippen molar-refractivity contribution in [2.45, 2.75) is 34.6 Å². The lowest BCUT2D eigenvalue weighted by Gasteiger charge is -2.15. The van der Waals surface area contributed by atoms with Crippen LogP contribution in [0.1, 0.15) is 37.7 Å². The van der Waals surface area contributed by atoms with Crippen molar-refractivity contribution in [3.63, 3.8) is 0 Å². The van der Waals surface area contributed by atoms with Crippen LogP contribution in [0.2, 0.25) is 0 Å². The fourth-order valence-electron chi connectivity index (χ4n) is 4.16. The summed E-state index contributed by atoms with van der Waals surface area (Å²) < 4.78 is 32.7. The molecule has 9 heteroatoms. The maximum absolute atomic E-state index is 14.9. The molecule has 0 amide bonds. The van der Waals surface area contributed by atoms with Gasteiger partial charge in [0.2, 0.25) is 0 Å². The van der Waals surface area contributed by atoms with Crippen LogP contribution in [0.25, 0.3) is 23.0 Å². The molecular weight excluding hydrogens is 572 g/mol. The minimum atomic E-state index is -0.980. The molecule has 4 rings (SSSR count). The number of thiazole rings is 1. The minimum Gasteiger partial charge on any atom is -0.318 e. The summed E-state index contributed by atoms with van der Waals surface area (Å²) in [5, 5.41) is 9.93. The van der Waals surface area contributed by atoms with Crippen molar-refractivity contribution in [3.05, 3.63) is 101 Å². The highest BCUT2D eigenvalue weighted by Crippen LogP contribution is 2.23. The quantitative estimate of drug-likeness (QED) is 0.314. The van der Waals surface area contributed by atoms with Crippen molar-refractivity contribution < 1.29 is 13.6 Å². The van der Waals surface area contributed by atoms with E-state index in [4.69, 9.17) is 0 Å². The van der Waals surface area contributed by atoms with Gasteiger partial charge < -0.3 is 4.57 Å². The third kappa shape index (κ3) is 5.06. The van der Waals surface area contributed by atoms with Gasteiger partial charge in [-0.1, -0.05) is 36.7 Å². The van der Waals surface area contributed by atoms with E-state index in [-0.39, 0.29) is 20.5 Å². The monoisotopic (exact) mass is 595 g/mol. The smallest absolute Gasteiger partial charge is 0.273 e. The second-order valence-electron chi connectivity index (χ2n) is 9.86. The third-order valence-corrected chi connectivity index (χ3v) is 7.67. The Bertz CT molecular complexity index is 1800. The maximum atomic E-state index is 14.9. The lowest BCUT2D eigenvalue weighted by atomic mass is 9.87. The first-order valence-electron chi connectivity index (χ1n) is 11.7. The SMILES string of the molecule is Cc1cc(C=c2sc(=C(C#N)C(=O)C(C)(C)C)n(-c3ccc(F)cc3F)c2=O)c(C)n1-c1ccc(Br)cc1. The summed E-state index contributed by atoms with van der Waals surface area (Å²) in [7, 11) is 0. The van der Waals surface area contributed by atoms with Gasteiger partial charge in [-0.05, 0) is 68.0 Å². The van der Waals surface area contributed by atoms with Crippen LogP contribution >= 0.6 is 27.3 Å². The molecule has 2 aromatic carbocycles. The van der Waals surface area contributed by atoms with Crippen molar-refractivity contribution in [3.8, 4) is 17.4 Å². The fourth-order valence-corrected chi connectivity index (χ4v) is 5.51. The molecule has 0 aliphatic rings. The van der Waals surface area contributed by atoms with E-state index >= 15 is 0 Å². The van der Waals surface area contributed by atoms with Crippen LogP contribution in [0.5, 0.6) is 0 Å². The molecule has 0 unspecified atom stereocenters. The van der Waals surface area contributed by atoms with Gasteiger partial charge in [-0.3, -0.25) is 14.2 Å². The van der Waals surface area contributed by atoms with Crippen molar-refractivity contribution in [2.24, 2.45) is 5.41 Å². The van der Waals surface area contributed by atoms with Crippen molar-refractivity contribution in [1.82, 2.24) is 9.13 Å². The molecule has 0 bridgehead atoms. The van der Waals surface area contributed by atoms with E-state index < -0.39 is 28.4 Å². The van der Waals surface area contributed by atoms with E-state index in [0.717, 1.165) is 55.1 Å². The third-order valence-electron chi connectivity index (χ3n) is 6.05. The van der Waals surface area contributed by atoms with Crippen LogP contribution < -0.4 is 14.8 Å². The van der Waals surface area contributed by atoms with Crippen LogP contribution in [0.3, 0.4) is 0 Å². The van der Waals surface area contributed by atoms with Gasteiger partial charge in [-0.2, -0.15) is 5.26 Å². The zero-order valence-electron chi connectivity index (χ0n) is 21.4. The lowest BCUT2D eigenvalue weighted by molar-refractivity contribution is -0.120. The van der Waals surface area contributed by atoms with Crippen LogP contribution in [0, 0.1) is 42.2 Å². The number of aromatic nitrogens is 2. The number of carbonyl (C=O) groups is 1. The van der Waals surface area contributed by atoms with Crippen molar-refractivity contribution >= 4 is 44.7 Å². The summed E-state index contributed by atoms with van der Waals surface area (Å²) in [6, 6.07) is 14.5. The van der Waals surface area contributed by atoms with E-state index in [1.54, 1.807) is 26.8 Å². The molecule has 0 saturated carbocycles. The van der Waals surface area contributed by atoms with Gasteiger partial charge in [-0.25, -0.2) is 8.78 Å². The molecule has 0 fully saturated rings. The van der Waals surface area contributed by atoms with E-state index in [1.165, 1.54) is 0 Å². The molecule has 4 aromatic rings. The summed E-state index contributed by atoms with van der Waals surface area (Å²) >= 11 is 4.37. The molecule has 0 atom stereocenters. The highest BCUT2D eigenvalue weighted by molar-refractivity contribution is 9.10. The minimum absolute atomic E-state index is 0.00380. The van der Waals surface area contributed by atoms with Crippen molar-refractivity contribution in [1.29, 1.82) is 5.26 Å². The Morgan fingerprint density at radius 3 is 2.29 bits per heavy atom. The average molecular weight is 596 g/mol. The predicted molar refractivity (Wildman–Crippen MR) is 149 cm³/mol. The molecular formula is C29H24BrF2N3O2S. The van der Waals surface area contributed by atoms with E-state index in [9.17, 15) is 23.6 Å². The summed E-state index contributed by atoms with van der Waals surface area (Å²) in [6.45, 7) is 8.84. The molecule has 194 valence electrons. The molecule has 5 nitrogen and oxygen atoms in total. The molecule has 0 radical (unpaired) electrons. The Hall–Kier alpha value is -3.61. The van der Waals surface area contributed by atoms with Gasteiger partial charge in [0.1, 0.15) is 27.9 Å². The highest BCUT2D eigenvalue weighted by atomic mass is 79.9. The average Bonchev–Trinajstić information content (AvgIpc) is 3.30. The summed E-state index contributed by atoms with van der Waals surface area (Å²) in [4.78, 5) is 26.8. The number of hydrogen-bond acceptors (Lipinski definition) is 4. The maximum Gasteiger partial charge on any atom is 0.273 e. The van der Waals surface area contributed by atoms with Crippen molar-refractivity contribution in [2.75, 3.05) is 0 Å². The van der Waals surface area contributed by atoms with E-state index in [1.807, 2.05) is 54.8 Å². The van der Waals surface area contributed by atoms with Gasteiger partial charge in [-0.15, -0.1) is 11.3 Å². The molecule has 2 heterocycles. The molecule has 2 aromatic heterocycles. The van der Waals surface area contributed by atoms with E-state index in [0.29, 0.717) is 6.07 Å². The summed E-state index contributed by atoms with van der Waals surface area (Å²) in [5.74, 6) is -2.28. The second kappa shape index (κ2) is 10.3. The number of benzene rings is 2. The van der Waals surface area contributed by atoms with Crippen LogP contribution in [0.15, 0.2) is 57.8 Å². The first-order valence-corrected chi connectivity index (χ1v) is 13.3. The predicted octanol–water partition coefficient (Wildman–Crippen LogP) is 5.47. The zero-order valence-corrected chi connectivity index (χ0v) is 23.8. The highest BCUT2D eigenvalue weighted by Gasteiger charge is 2.28. The van der Waals surface area contributed by atoms with Gasteiger partial charge in [0, 0.05) is 33.0 Å². The topological polar surface area (TPSA) is 67.8 Å². The number of hydrogen-bond donors (Lipinski definition) is 0. The Balaban J connectivity index is 2.06. The molecule has 0 spiro atoms. The number of carbonyl (C=O) groups excluding carboxylic acids is 1. The molecule has 0 aliphatic heterocycles. The first kappa shape index (κ1) is 27.4. The number of Topliss-reactive ketones (excluding diaryl/α,β-unsaturated/α-hetero) is 1. The number of aryl methyl sites for hydroxylation is 1. The van der Waals surface area contributed by atoms with E-state index in [2.05, 4.69) is 15.9 Å². The van der Waals surface area contributed by atoms with Gasteiger partial charge in [0.25, 0.3) is 5.56 Å². The number of nitriles is 1. The lowest BCUT2D eigenvalue weighted by Crippen LogP contribution is -2.33. The zero-order chi connectivity index (χ0) is 27.9. The molecule has 38 heavy (non-hydrogen) atoms. The molecule has 0 N–H and O–H groups in total. The Kier molecular flexibility index (Phi) is 7.42. The van der Waals surface area contributed by atoms with Gasteiger partial charge in [0.05, 0.1) is 10.2 Å². The van der Waals surface area contributed by atoms with Crippen LogP contribution in [-0.4, -0.2) is 14.9 Å². The number of rotatable bonds is 4. The summed E-state index contributed by atoms with van der Waals surface area (Å²) in [6.07, 6.45) is 1.67. The first-order chi connectivity index (χ1) is 17.8. The molecule has 0 saturated heterocycles. The van der Waals surface area contributed by atoms with Gasteiger partial charge in [0.15, 0.2) is 5.78 Å². The van der Waals surface area contributed by atoms with Gasteiger partial charge >= 0.3 is 0 Å². The Morgan fingerprint density at radius 1 is 1.05 bits per heavy atom. The summed E-state index contributed by atoms with van der Waals surface area (Å²) in [5.41, 5.74) is 1.47. The normalized spacial score (nSPS) is 13.0. The number of ketones is 1. The number of halogens is 3. The largest absolute Gasteiger partial charge is 0.318 e. The molecule has 0 aliphatic carbocycles. The Morgan fingerprint density at radius 2 is 1.71 bits per heavy atom.